The lowest BCUT2D eigenvalue weighted by Crippen LogP contribution is -2.54. The highest BCUT2D eigenvalue weighted by Crippen LogP contribution is 2.69. The zero-order valence-electron chi connectivity index (χ0n) is 20.7. The molecule has 0 spiro atoms. The number of alkyl halides is 5. The van der Waals surface area contributed by atoms with Gasteiger partial charge in [0.25, 0.3) is 0 Å². The average molecular weight is 517 g/mol. The van der Waals surface area contributed by atoms with Gasteiger partial charge in [-0.1, -0.05) is 38.3 Å². The molecule has 0 saturated heterocycles. The fraction of sp³-hybridized carbons (Fsp3) is 0.714. The third-order valence-electron chi connectivity index (χ3n) is 9.71. The normalized spacial score (nSPS) is 35.0. The Morgan fingerprint density at radius 2 is 1.86 bits per heavy atom. The van der Waals surface area contributed by atoms with Crippen molar-refractivity contribution < 1.29 is 37.3 Å². The van der Waals surface area contributed by atoms with E-state index in [4.69, 9.17) is 0 Å². The van der Waals surface area contributed by atoms with Crippen LogP contribution in [0.15, 0.2) is 30.9 Å². The summed E-state index contributed by atoms with van der Waals surface area (Å²) in [5, 5.41) is 30.5. The molecule has 8 heteroatoms. The number of hydrogen-bond donors (Lipinski definition) is 3. The van der Waals surface area contributed by atoms with Crippen LogP contribution < -0.4 is 0 Å². The lowest BCUT2D eigenvalue weighted by molar-refractivity contribution is -0.313. The van der Waals surface area contributed by atoms with Crippen molar-refractivity contribution in [3.8, 4) is 5.75 Å². The number of phenolic OH excluding ortho intramolecular Hbond substituents is 1. The van der Waals surface area contributed by atoms with Crippen molar-refractivity contribution in [2.75, 3.05) is 0 Å². The second kappa shape index (κ2) is 9.57. The first-order chi connectivity index (χ1) is 16.8. The number of hydrogen-bond acceptors (Lipinski definition) is 3. The SMILES string of the molecule is C=CC12CCc3cc(O)ccc3[C@H]1[C@@H](CCCCCC(O)C(F)(F)C(F)(F)F)C[C@]1(C)[C@@H](O)CC[C@@H]21. The Hall–Kier alpha value is -1.67. The summed E-state index contributed by atoms with van der Waals surface area (Å²) in [6, 6.07) is 5.51. The summed E-state index contributed by atoms with van der Waals surface area (Å²) in [7, 11) is 0. The second-order valence-corrected chi connectivity index (χ2v) is 11.6. The number of aliphatic hydroxyl groups is 2. The van der Waals surface area contributed by atoms with Crippen LogP contribution in [0.4, 0.5) is 22.0 Å². The summed E-state index contributed by atoms with van der Waals surface area (Å²) in [6.45, 7) is 6.41. The average Bonchev–Trinajstić information content (AvgIpc) is 3.11. The van der Waals surface area contributed by atoms with Gasteiger partial charge in [-0.25, -0.2) is 0 Å². The maximum Gasteiger partial charge on any atom is 0.456 e. The summed E-state index contributed by atoms with van der Waals surface area (Å²) in [5.74, 6) is -4.30. The summed E-state index contributed by atoms with van der Waals surface area (Å²) in [5.41, 5.74) is 1.83. The van der Waals surface area contributed by atoms with Crippen molar-refractivity contribution in [2.45, 2.75) is 101 Å². The Bertz CT molecular complexity index is 963. The van der Waals surface area contributed by atoms with Crippen LogP contribution in [0.2, 0.25) is 0 Å². The van der Waals surface area contributed by atoms with E-state index in [1.165, 1.54) is 5.56 Å². The topological polar surface area (TPSA) is 60.7 Å². The lowest BCUT2D eigenvalue weighted by atomic mass is 9.44. The molecule has 1 aromatic carbocycles. The van der Waals surface area contributed by atoms with E-state index < -0.39 is 30.7 Å². The van der Waals surface area contributed by atoms with E-state index in [9.17, 15) is 37.3 Å². The molecule has 202 valence electrons. The maximum atomic E-state index is 13.3. The van der Waals surface area contributed by atoms with E-state index in [0.717, 1.165) is 44.1 Å². The van der Waals surface area contributed by atoms with Crippen LogP contribution in [-0.2, 0) is 6.42 Å². The molecule has 0 aromatic heterocycles. The summed E-state index contributed by atoms with van der Waals surface area (Å²) in [4.78, 5) is 0. The molecule has 4 rings (SSSR count). The maximum absolute atomic E-state index is 13.3. The predicted molar refractivity (Wildman–Crippen MR) is 127 cm³/mol. The summed E-state index contributed by atoms with van der Waals surface area (Å²) < 4.78 is 64.2. The van der Waals surface area contributed by atoms with E-state index in [1.807, 2.05) is 12.1 Å². The number of allylic oxidation sites excluding steroid dienone is 1. The van der Waals surface area contributed by atoms with Crippen molar-refractivity contribution in [1.82, 2.24) is 0 Å². The molecular weight excluding hydrogens is 479 g/mol. The molecule has 7 atom stereocenters. The summed E-state index contributed by atoms with van der Waals surface area (Å²) in [6.07, 6.45) is -1.44. The number of phenols is 1. The van der Waals surface area contributed by atoms with Crippen LogP contribution in [0.1, 0.15) is 81.8 Å². The number of rotatable bonds is 8. The fourth-order valence-electron chi connectivity index (χ4n) is 7.98. The van der Waals surface area contributed by atoms with Gasteiger partial charge < -0.3 is 15.3 Å². The van der Waals surface area contributed by atoms with Gasteiger partial charge in [0, 0.05) is 0 Å². The minimum atomic E-state index is -5.76. The highest BCUT2D eigenvalue weighted by molar-refractivity contribution is 5.43. The predicted octanol–water partition coefficient (Wildman–Crippen LogP) is 6.90. The largest absolute Gasteiger partial charge is 0.508 e. The van der Waals surface area contributed by atoms with Gasteiger partial charge in [0.05, 0.1) is 6.10 Å². The Labute approximate surface area is 209 Å². The van der Waals surface area contributed by atoms with Crippen LogP contribution in [0.3, 0.4) is 0 Å². The second-order valence-electron chi connectivity index (χ2n) is 11.6. The molecule has 3 aliphatic rings. The highest BCUT2D eigenvalue weighted by atomic mass is 19.4. The molecule has 0 heterocycles. The molecule has 0 bridgehead atoms. The fourth-order valence-corrected chi connectivity index (χ4v) is 7.98. The standard InChI is InChI=1S/C28H37F5O3/c1-3-26-14-13-17-15-19(34)9-10-20(17)24(26)18(16-25(2)21(26)11-12-22(25)35)7-5-4-6-8-23(36)27(29,30)28(31,32)33/h3,9-10,15,18,21-24,34-36H,1,4-8,11-14,16H2,2H3/t18-,21+,22-,23?,24+,25-,26?/m0/s1. The minimum absolute atomic E-state index is 0.0732. The Kier molecular flexibility index (Phi) is 7.28. The van der Waals surface area contributed by atoms with Crippen LogP contribution >= 0.6 is 0 Å². The van der Waals surface area contributed by atoms with Gasteiger partial charge in [0.2, 0.25) is 0 Å². The Morgan fingerprint density at radius 1 is 1.14 bits per heavy atom. The number of aryl methyl sites for hydroxylation is 1. The van der Waals surface area contributed by atoms with E-state index in [0.29, 0.717) is 12.8 Å². The first-order valence-electron chi connectivity index (χ1n) is 13.0. The molecule has 36 heavy (non-hydrogen) atoms. The number of fused-ring (bicyclic) bond motifs is 5. The van der Waals surface area contributed by atoms with Gasteiger partial charge in [0.15, 0.2) is 0 Å². The molecule has 1 aromatic rings. The molecule has 0 radical (unpaired) electrons. The van der Waals surface area contributed by atoms with Gasteiger partial charge in [0.1, 0.15) is 11.9 Å². The lowest BCUT2D eigenvalue weighted by Gasteiger charge is -2.60. The van der Waals surface area contributed by atoms with E-state index >= 15 is 0 Å². The third kappa shape index (κ3) is 4.36. The van der Waals surface area contributed by atoms with Gasteiger partial charge >= 0.3 is 12.1 Å². The summed E-state index contributed by atoms with van der Waals surface area (Å²) >= 11 is 0. The van der Waals surface area contributed by atoms with E-state index in [2.05, 4.69) is 19.6 Å². The van der Waals surface area contributed by atoms with Gasteiger partial charge in [-0.15, -0.1) is 6.58 Å². The number of aliphatic hydroxyl groups excluding tert-OH is 2. The molecule has 3 nitrogen and oxygen atoms in total. The van der Waals surface area contributed by atoms with Crippen molar-refractivity contribution in [3.63, 3.8) is 0 Å². The zero-order valence-corrected chi connectivity index (χ0v) is 20.7. The molecular formula is C28H37F5O3. The monoisotopic (exact) mass is 516 g/mol. The highest BCUT2D eigenvalue weighted by Gasteiger charge is 2.63. The van der Waals surface area contributed by atoms with Gasteiger partial charge in [-0.2, -0.15) is 22.0 Å². The molecule has 2 saturated carbocycles. The quantitative estimate of drug-likeness (QED) is 0.200. The van der Waals surface area contributed by atoms with Crippen molar-refractivity contribution in [3.05, 3.63) is 42.0 Å². The molecule has 0 aliphatic heterocycles. The van der Waals surface area contributed by atoms with Crippen molar-refractivity contribution in [2.24, 2.45) is 22.7 Å². The molecule has 2 fully saturated rings. The minimum Gasteiger partial charge on any atom is -0.508 e. The number of benzene rings is 1. The zero-order chi connectivity index (χ0) is 26.5. The Balaban J connectivity index is 1.52. The molecule has 3 aliphatic carbocycles. The van der Waals surface area contributed by atoms with Gasteiger partial charge in [-0.3, -0.25) is 0 Å². The Morgan fingerprint density at radius 3 is 2.53 bits per heavy atom. The van der Waals surface area contributed by atoms with Crippen molar-refractivity contribution in [1.29, 1.82) is 0 Å². The van der Waals surface area contributed by atoms with E-state index in [1.54, 1.807) is 6.07 Å². The first-order valence-corrected chi connectivity index (χ1v) is 13.0. The molecule has 3 N–H and O–H groups in total. The number of aromatic hydroxyl groups is 1. The van der Waals surface area contributed by atoms with Crippen molar-refractivity contribution >= 4 is 0 Å². The van der Waals surface area contributed by atoms with Crippen LogP contribution in [0.25, 0.3) is 0 Å². The number of unbranched alkanes of at least 4 members (excludes halogenated alkanes) is 2. The number of halogens is 5. The van der Waals surface area contributed by atoms with Crippen LogP contribution in [-0.4, -0.2) is 39.6 Å². The first kappa shape index (κ1) is 27.4. The smallest absolute Gasteiger partial charge is 0.456 e. The van der Waals surface area contributed by atoms with E-state index in [-0.39, 0.29) is 40.8 Å². The molecule has 0 amide bonds. The third-order valence-corrected chi connectivity index (χ3v) is 9.71. The molecule has 2 unspecified atom stereocenters. The van der Waals surface area contributed by atoms with Crippen LogP contribution in [0, 0.1) is 22.7 Å². The van der Waals surface area contributed by atoms with Crippen LogP contribution in [0.5, 0.6) is 5.75 Å². The van der Waals surface area contributed by atoms with Gasteiger partial charge in [-0.05, 0) is 96.8 Å².